The minimum atomic E-state index is -0.215. The largest absolute Gasteiger partial charge is 0.311 e. The first-order valence-corrected chi connectivity index (χ1v) is 31.2. The molecule has 3 heterocycles. The zero-order valence-corrected chi connectivity index (χ0v) is 55.0. The number of rotatable bonds is 9. The molecule has 0 atom stereocenters. The van der Waals surface area contributed by atoms with E-state index in [-0.39, 0.29) is 39.2 Å². The van der Waals surface area contributed by atoms with Crippen LogP contribution in [0.2, 0.25) is 0 Å². The molecule has 5 nitrogen and oxygen atoms in total. The lowest BCUT2D eigenvalue weighted by molar-refractivity contribution is 0.568. The summed E-state index contributed by atoms with van der Waals surface area (Å²) in [5.41, 5.74) is 24.3. The first kappa shape index (κ1) is 60.3. The second kappa shape index (κ2) is 21.8. The van der Waals surface area contributed by atoms with Gasteiger partial charge in [-0.25, -0.2) is 15.0 Å². The lowest BCUT2D eigenvalue weighted by Crippen LogP contribution is -2.61. The highest BCUT2D eigenvalue weighted by atomic mass is 15.2. The lowest BCUT2D eigenvalue weighted by atomic mass is 9.33. The van der Waals surface area contributed by atoms with E-state index in [2.05, 4.69) is 317 Å². The number of anilines is 6. The molecule has 0 saturated heterocycles. The van der Waals surface area contributed by atoms with E-state index in [9.17, 15) is 0 Å². The Kier molecular flexibility index (Phi) is 15.1. The van der Waals surface area contributed by atoms with Crippen LogP contribution < -0.4 is 26.2 Å². The first-order chi connectivity index (χ1) is 40.8. The number of allylic oxidation sites excluding steroid dienone is 4. The van der Waals surface area contributed by atoms with Gasteiger partial charge in [0.05, 0.1) is 0 Å². The van der Waals surface area contributed by atoms with Crippen molar-refractivity contribution >= 4 is 62.8 Å². The normalized spacial score (nSPS) is 13.7. The highest BCUT2D eigenvalue weighted by Gasteiger charge is 2.45. The van der Waals surface area contributed by atoms with Gasteiger partial charge in [-0.15, -0.1) is 0 Å². The van der Waals surface area contributed by atoms with Gasteiger partial charge in [0.25, 0.3) is 6.71 Å². The third kappa shape index (κ3) is 11.7. The summed E-state index contributed by atoms with van der Waals surface area (Å²) in [4.78, 5) is 21.7. The molecule has 440 valence electrons. The highest BCUT2D eigenvalue weighted by molar-refractivity contribution is 7.00. The van der Waals surface area contributed by atoms with Gasteiger partial charge in [0, 0.05) is 50.8 Å². The third-order valence-electron chi connectivity index (χ3n) is 17.8. The van der Waals surface area contributed by atoms with Crippen molar-refractivity contribution < 1.29 is 0 Å². The monoisotopic (exact) mass is 1140 g/mol. The van der Waals surface area contributed by atoms with Gasteiger partial charge in [0.2, 0.25) is 0 Å². The molecule has 0 amide bonds. The maximum absolute atomic E-state index is 5.60. The Balaban J connectivity index is 1.32. The smallest absolute Gasteiger partial charge is 0.252 e. The van der Waals surface area contributed by atoms with Crippen LogP contribution in [0.5, 0.6) is 0 Å². The van der Waals surface area contributed by atoms with E-state index >= 15 is 0 Å². The van der Waals surface area contributed by atoms with Crippen molar-refractivity contribution in [2.24, 2.45) is 0 Å². The Morgan fingerprint density at radius 1 is 0.356 bits per heavy atom. The number of hydrogen-bond acceptors (Lipinski definition) is 5. The van der Waals surface area contributed by atoms with Gasteiger partial charge in [-0.3, -0.25) is 0 Å². The van der Waals surface area contributed by atoms with Crippen LogP contribution in [0.25, 0.3) is 50.9 Å². The summed E-state index contributed by atoms with van der Waals surface area (Å²) in [5, 5.41) is 0. The van der Waals surface area contributed by atoms with Crippen LogP contribution in [-0.2, 0) is 32.5 Å². The molecule has 9 aromatic rings. The summed E-state index contributed by atoms with van der Waals surface area (Å²) in [7, 11) is 0. The number of hydrogen-bond donors (Lipinski definition) is 0. The fourth-order valence-corrected chi connectivity index (χ4v) is 12.3. The average molecular weight is 1140 g/mol. The molecule has 0 aliphatic carbocycles. The minimum Gasteiger partial charge on any atom is -0.311 e. The van der Waals surface area contributed by atoms with Crippen molar-refractivity contribution in [3.63, 3.8) is 0 Å². The number of benzene rings is 8. The van der Waals surface area contributed by atoms with Crippen molar-refractivity contribution in [3.8, 4) is 45.3 Å². The number of aromatic nitrogens is 3. The Labute approximate surface area is 521 Å². The highest BCUT2D eigenvalue weighted by Crippen LogP contribution is 2.49. The Hall–Kier alpha value is -8.35. The predicted octanol–water partition coefficient (Wildman–Crippen LogP) is 20.2. The maximum Gasteiger partial charge on any atom is 0.252 e. The molecular formula is C81H88BN5. The van der Waals surface area contributed by atoms with E-state index in [0.29, 0.717) is 17.5 Å². The third-order valence-corrected chi connectivity index (χ3v) is 17.8. The number of nitrogens with zero attached hydrogens (tertiary/aromatic N) is 5. The van der Waals surface area contributed by atoms with E-state index in [4.69, 9.17) is 15.0 Å². The van der Waals surface area contributed by atoms with E-state index in [1.54, 1.807) is 0 Å². The summed E-state index contributed by atoms with van der Waals surface area (Å²) < 4.78 is 0. The van der Waals surface area contributed by atoms with Gasteiger partial charge in [0.15, 0.2) is 17.5 Å². The summed E-state index contributed by atoms with van der Waals surface area (Å²) >= 11 is 0. The summed E-state index contributed by atoms with van der Waals surface area (Å²) in [6.45, 7) is 49.8. The molecule has 0 N–H and O–H groups in total. The molecular weight excluding hydrogens is 1050 g/mol. The molecule has 2 aliphatic rings. The average Bonchev–Trinajstić information content (AvgIpc) is 0.763. The van der Waals surface area contributed by atoms with E-state index in [1.165, 1.54) is 55.3 Å². The minimum absolute atomic E-state index is 0.0267. The maximum atomic E-state index is 5.60. The quantitative estimate of drug-likeness (QED) is 0.106. The van der Waals surface area contributed by atoms with Gasteiger partial charge < -0.3 is 9.80 Å². The molecule has 0 spiro atoms. The second-order valence-corrected chi connectivity index (χ2v) is 30.5. The van der Waals surface area contributed by atoms with Crippen LogP contribution in [0.15, 0.2) is 195 Å². The first-order valence-electron chi connectivity index (χ1n) is 31.2. The van der Waals surface area contributed by atoms with E-state index < -0.39 is 0 Å². The van der Waals surface area contributed by atoms with E-state index in [1.807, 2.05) is 12.2 Å². The molecule has 2 aliphatic heterocycles. The predicted molar refractivity (Wildman–Crippen MR) is 376 cm³/mol. The Morgan fingerprint density at radius 3 is 1.13 bits per heavy atom. The van der Waals surface area contributed by atoms with Crippen molar-refractivity contribution in [2.75, 3.05) is 9.80 Å². The molecule has 11 rings (SSSR count). The zero-order valence-electron chi connectivity index (χ0n) is 55.0. The van der Waals surface area contributed by atoms with E-state index in [0.717, 1.165) is 67.5 Å². The Morgan fingerprint density at radius 2 is 0.736 bits per heavy atom. The van der Waals surface area contributed by atoms with Crippen molar-refractivity contribution in [2.45, 2.75) is 157 Å². The van der Waals surface area contributed by atoms with Crippen LogP contribution in [-0.4, -0.2) is 21.7 Å². The van der Waals surface area contributed by atoms with Crippen LogP contribution in [0.1, 0.15) is 164 Å². The van der Waals surface area contributed by atoms with Gasteiger partial charge >= 0.3 is 0 Å². The molecule has 8 aromatic carbocycles. The van der Waals surface area contributed by atoms with Crippen molar-refractivity contribution in [3.05, 3.63) is 234 Å². The Bertz CT molecular complexity index is 4020. The second-order valence-electron chi connectivity index (χ2n) is 30.5. The topological polar surface area (TPSA) is 45.2 Å². The SMILES string of the molecule is C=C/C=C(\C=C)c1ccc2c(c1)B1c3cc(-c4ccccc4)ccc3N(c3cc(C(C)(C)C)cc(C(C)(C)C)c3)c3cc(-c4nc(-c5ccc(C(C)(C)C)cc5)nc(-c5ccc(C(C)(C)C)cc5)n4)cc(c31)N2c1cc(C(C)(C)C)cc(C(C)(C)C)c1. The van der Waals surface area contributed by atoms with Crippen LogP contribution >= 0.6 is 0 Å². The van der Waals surface area contributed by atoms with Gasteiger partial charge in [-0.05, 0) is 153 Å². The van der Waals surface area contributed by atoms with Gasteiger partial charge in [-0.2, -0.15) is 0 Å². The van der Waals surface area contributed by atoms with Crippen LogP contribution in [0.3, 0.4) is 0 Å². The standard InChI is InChI=1S/C81H88BN5/c1-21-26-51(22-2)55-33-39-68-66(41-55)82-67-42-56(52-27-24-23-25-28-52)34-40-69(67)87(65-49-62(80(15,16)17)46-63(50-65)81(18,19)20)71-44-57(43-70(72(71)82)86(68)64-47-60(78(9,10)11)45-61(48-64)79(12,13)14)75-84-73(53-29-35-58(36-30-53)76(3,4)5)83-74(85-75)54-31-37-59(38-32-54)77(6,7)8/h21-50H,1-2H2,3-20H3/b51-26+. The summed E-state index contributed by atoms with van der Waals surface area (Å²) in [6, 6.07) is 62.0. The summed E-state index contributed by atoms with van der Waals surface area (Å²) in [5.74, 6) is 1.84. The lowest BCUT2D eigenvalue weighted by Gasteiger charge is -2.45. The molecule has 0 unspecified atom stereocenters. The molecule has 87 heavy (non-hydrogen) atoms. The van der Waals surface area contributed by atoms with Gasteiger partial charge in [0.1, 0.15) is 0 Å². The molecule has 0 saturated carbocycles. The van der Waals surface area contributed by atoms with Crippen LogP contribution in [0.4, 0.5) is 34.1 Å². The van der Waals surface area contributed by atoms with Crippen molar-refractivity contribution in [1.29, 1.82) is 0 Å². The molecule has 1 aromatic heterocycles. The zero-order chi connectivity index (χ0) is 62.5. The van der Waals surface area contributed by atoms with Gasteiger partial charge in [-0.1, -0.05) is 271 Å². The van der Waals surface area contributed by atoms with Crippen molar-refractivity contribution in [1.82, 2.24) is 15.0 Å². The molecule has 6 heteroatoms. The fourth-order valence-electron chi connectivity index (χ4n) is 12.3. The van der Waals surface area contributed by atoms with Crippen LogP contribution in [0, 0.1) is 0 Å². The summed E-state index contributed by atoms with van der Waals surface area (Å²) in [6.07, 6.45) is 5.88. The molecule has 0 fully saturated rings. The molecule has 0 bridgehead atoms. The molecule has 0 radical (unpaired) electrons. The number of fused-ring (bicyclic) bond motifs is 4. The fraction of sp³-hybridized carbons (Fsp3) is 0.296.